The molecule has 0 unspecified atom stereocenters. The molecule has 0 atom stereocenters. The van der Waals surface area contributed by atoms with Gasteiger partial charge in [0.2, 0.25) is 10.0 Å². The van der Waals surface area contributed by atoms with Crippen LogP contribution in [0.2, 0.25) is 0 Å². The molecule has 18 heavy (non-hydrogen) atoms. The fourth-order valence-electron chi connectivity index (χ4n) is 1.55. The van der Waals surface area contributed by atoms with Gasteiger partial charge in [-0.05, 0) is 42.1 Å². The summed E-state index contributed by atoms with van der Waals surface area (Å²) in [6, 6.07) is 8.57. The molecule has 0 spiro atoms. The lowest BCUT2D eigenvalue weighted by molar-refractivity contribution is 0.598. The maximum absolute atomic E-state index is 11.2. The Kier molecular flexibility index (Phi) is 3.70. The van der Waals surface area contributed by atoms with E-state index in [-0.39, 0.29) is 4.90 Å². The Morgan fingerprint density at radius 1 is 1.33 bits per heavy atom. The van der Waals surface area contributed by atoms with Crippen LogP contribution in [-0.4, -0.2) is 8.42 Å². The number of hydrogen-bond donors (Lipinski definition) is 2. The van der Waals surface area contributed by atoms with Crippen molar-refractivity contribution in [3.05, 3.63) is 46.2 Å². The topological polar surface area (TPSA) is 72.2 Å². The zero-order valence-corrected chi connectivity index (χ0v) is 11.5. The van der Waals surface area contributed by atoms with Crippen molar-refractivity contribution in [2.75, 3.05) is 5.32 Å². The summed E-state index contributed by atoms with van der Waals surface area (Å²) in [4.78, 5) is 1.35. The number of sulfonamides is 1. The van der Waals surface area contributed by atoms with Gasteiger partial charge in [0, 0.05) is 17.1 Å². The maximum atomic E-state index is 11.2. The van der Waals surface area contributed by atoms with Gasteiger partial charge in [0.05, 0.1) is 4.90 Å². The standard InChI is InChI=1S/C12H14N2O2S2/c1-9-5-6-17-12(9)8-14-10-3-2-4-11(7-10)18(13,15)16/h2-7,14H,8H2,1H3,(H2,13,15,16). The normalized spacial score (nSPS) is 11.4. The third kappa shape index (κ3) is 3.10. The molecule has 0 radical (unpaired) electrons. The lowest BCUT2D eigenvalue weighted by Crippen LogP contribution is -2.12. The van der Waals surface area contributed by atoms with Gasteiger partial charge in [-0.1, -0.05) is 6.07 Å². The number of thiophene rings is 1. The monoisotopic (exact) mass is 282 g/mol. The Morgan fingerprint density at radius 3 is 2.72 bits per heavy atom. The molecule has 2 rings (SSSR count). The van der Waals surface area contributed by atoms with Gasteiger partial charge in [-0.25, -0.2) is 13.6 Å². The molecule has 0 saturated heterocycles. The van der Waals surface area contributed by atoms with Crippen molar-refractivity contribution in [1.29, 1.82) is 0 Å². The molecule has 96 valence electrons. The van der Waals surface area contributed by atoms with E-state index in [1.165, 1.54) is 22.6 Å². The molecule has 4 nitrogen and oxygen atoms in total. The summed E-state index contributed by atoms with van der Waals surface area (Å²) in [5.41, 5.74) is 1.98. The Balaban J connectivity index is 2.13. The molecular formula is C12H14N2O2S2. The third-order valence-electron chi connectivity index (χ3n) is 2.58. The van der Waals surface area contributed by atoms with E-state index in [1.807, 2.05) is 18.4 Å². The Labute approximate surface area is 111 Å². The number of rotatable bonds is 4. The average molecular weight is 282 g/mol. The number of benzene rings is 1. The van der Waals surface area contributed by atoms with E-state index >= 15 is 0 Å². The zero-order chi connectivity index (χ0) is 13.2. The first-order valence-corrected chi connectivity index (χ1v) is 7.79. The first-order chi connectivity index (χ1) is 8.47. The van der Waals surface area contributed by atoms with Crippen molar-refractivity contribution in [2.24, 2.45) is 5.14 Å². The van der Waals surface area contributed by atoms with Crippen molar-refractivity contribution < 1.29 is 8.42 Å². The summed E-state index contributed by atoms with van der Waals surface area (Å²) in [6.45, 7) is 2.73. The summed E-state index contributed by atoms with van der Waals surface area (Å²) in [6.07, 6.45) is 0. The van der Waals surface area contributed by atoms with Crippen molar-refractivity contribution >= 4 is 27.0 Å². The third-order valence-corrected chi connectivity index (χ3v) is 4.52. The van der Waals surface area contributed by atoms with E-state index in [2.05, 4.69) is 11.4 Å². The van der Waals surface area contributed by atoms with E-state index in [0.717, 1.165) is 5.69 Å². The Bertz CT molecular complexity index is 648. The van der Waals surface area contributed by atoms with Crippen LogP contribution in [-0.2, 0) is 16.6 Å². The zero-order valence-electron chi connectivity index (χ0n) is 9.88. The molecule has 1 aromatic carbocycles. The second-order valence-electron chi connectivity index (χ2n) is 3.95. The number of hydrogen-bond acceptors (Lipinski definition) is 4. The van der Waals surface area contributed by atoms with Crippen LogP contribution in [0.3, 0.4) is 0 Å². The van der Waals surface area contributed by atoms with Crippen molar-refractivity contribution in [3.8, 4) is 0 Å². The van der Waals surface area contributed by atoms with Gasteiger partial charge in [0.15, 0.2) is 0 Å². The predicted octanol–water partition coefficient (Wildman–Crippen LogP) is 2.32. The molecule has 0 aliphatic carbocycles. The number of nitrogens with two attached hydrogens (primary N) is 1. The number of anilines is 1. The van der Waals surface area contributed by atoms with Gasteiger partial charge in [-0.2, -0.15) is 0 Å². The van der Waals surface area contributed by atoms with Crippen LogP contribution in [0.1, 0.15) is 10.4 Å². The fraction of sp³-hybridized carbons (Fsp3) is 0.167. The van der Waals surface area contributed by atoms with Crippen LogP contribution in [0, 0.1) is 6.92 Å². The second-order valence-corrected chi connectivity index (χ2v) is 6.52. The van der Waals surface area contributed by atoms with Crippen LogP contribution in [0.15, 0.2) is 40.6 Å². The molecule has 0 amide bonds. The van der Waals surface area contributed by atoms with E-state index < -0.39 is 10.0 Å². The predicted molar refractivity (Wildman–Crippen MR) is 74.2 cm³/mol. The number of aryl methyl sites for hydroxylation is 1. The SMILES string of the molecule is Cc1ccsc1CNc1cccc(S(N)(=O)=O)c1. The van der Waals surface area contributed by atoms with Gasteiger partial charge >= 0.3 is 0 Å². The van der Waals surface area contributed by atoms with Crippen LogP contribution < -0.4 is 10.5 Å². The quantitative estimate of drug-likeness (QED) is 0.904. The summed E-state index contributed by atoms with van der Waals surface area (Å²) in [5.74, 6) is 0. The minimum atomic E-state index is -3.64. The highest BCUT2D eigenvalue weighted by atomic mass is 32.2. The lowest BCUT2D eigenvalue weighted by Gasteiger charge is -2.07. The summed E-state index contributed by atoms with van der Waals surface area (Å²) < 4.78 is 22.4. The van der Waals surface area contributed by atoms with Crippen LogP contribution in [0.4, 0.5) is 5.69 Å². The first-order valence-electron chi connectivity index (χ1n) is 5.36. The van der Waals surface area contributed by atoms with Crippen LogP contribution in [0.25, 0.3) is 0 Å². The lowest BCUT2D eigenvalue weighted by atomic mass is 10.2. The second kappa shape index (κ2) is 5.09. The van der Waals surface area contributed by atoms with Gasteiger partial charge in [-0.3, -0.25) is 0 Å². The van der Waals surface area contributed by atoms with Crippen LogP contribution in [0.5, 0.6) is 0 Å². The fourth-order valence-corrected chi connectivity index (χ4v) is 2.96. The van der Waals surface area contributed by atoms with Gasteiger partial charge in [0.1, 0.15) is 0 Å². The highest BCUT2D eigenvalue weighted by Crippen LogP contribution is 2.19. The average Bonchev–Trinajstić information content (AvgIpc) is 2.72. The highest BCUT2D eigenvalue weighted by molar-refractivity contribution is 7.89. The van der Waals surface area contributed by atoms with E-state index in [9.17, 15) is 8.42 Å². The molecule has 0 aliphatic heterocycles. The van der Waals surface area contributed by atoms with Crippen molar-refractivity contribution in [2.45, 2.75) is 18.4 Å². The Hall–Kier alpha value is -1.37. The summed E-state index contributed by atoms with van der Waals surface area (Å²) in [5, 5.41) is 10.3. The smallest absolute Gasteiger partial charge is 0.238 e. The van der Waals surface area contributed by atoms with E-state index in [0.29, 0.717) is 6.54 Å². The highest BCUT2D eigenvalue weighted by Gasteiger charge is 2.08. The molecule has 2 aromatic rings. The number of nitrogens with one attached hydrogen (secondary N) is 1. The molecular weight excluding hydrogens is 268 g/mol. The van der Waals surface area contributed by atoms with Gasteiger partial charge in [0.25, 0.3) is 0 Å². The first kappa shape index (κ1) is 13.1. The van der Waals surface area contributed by atoms with Gasteiger partial charge < -0.3 is 5.32 Å². The van der Waals surface area contributed by atoms with Crippen LogP contribution >= 0.6 is 11.3 Å². The van der Waals surface area contributed by atoms with E-state index in [1.54, 1.807) is 17.4 Å². The Morgan fingerprint density at radius 2 is 2.11 bits per heavy atom. The maximum Gasteiger partial charge on any atom is 0.238 e. The van der Waals surface area contributed by atoms with E-state index in [4.69, 9.17) is 5.14 Å². The minimum Gasteiger partial charge on any atom is -0.380 e. The summed E-state index contributed by atoms with van der Waals surface area (Å²) >= 11 is 1.67. The molecule has 3 N–H and O–H groups in total. The number of primary sulfonamides is 1. The summed E-state index contributed by atoms with van der Waals surface area (Å²) in [7, 11) is -3.64. The van der Waals surface area contributed by atoms with Crippen molar-refractivity contribution in [3.63, 3.8) is 0 Å². The molecule has 6 heteroatoms. The largest absolute Gasteiger partial charge is 0.380 e. The molecule has 1 aromatic heterocycles. The van der Waals surface area contributed by atoms with Gasteiger partial charge in [-0.15, -0.1) is 11.3 Å². The van der Waals surface area contributed by atoms with Crippen molar-refractivity contribution in [1.82, 2.24) is 0 Å². The molecule has 0 fully saturated rings. The molecule has 0 aliphatic rings. The molecule has 0 saturated carbocycles. The molecule has 0 bridgehead atoms. The molecule has 1 heterocycles. The minimum absolute atomic E-state index is 0.121.